The van der Waals surface area contributed by atoms with Gasteiger partial charge in [0.2, 0.25) is 5.95 Å². The fourth-order valence-corrected chi connectivity index (χ4v) is 2.67. The number of anilines is 1. The summed E-state index contributed by atoms with van der Waals surface area (Å²) in [5.74, 6) is 0.485. The highest BCUT2D eigenvalue weighted by molar-refractivity contribution is 9.10. The molecule has 102 valence electrons. The Balaban J connectivity index is 2.13. The Morgan fingerprint density at radius 1 is 1.25 bits per heavy atom. The largest absolute Gasteiger partial charge is 0.369 e. The lowest BCUT2D eigenvalue weighted by molar-refractivity contribution is 0.662. The SMILES string of the molecule is Cc1ccc(C(C)n2c(N)nc3cc(Br)cnc32)cc1. The number of aromatic nitrogens is 3. The van der Waals surface area contributed by atoms with Crippen molar-refractivity contribution in [2.75, 3.05) is 5.73 Å². The first-order valence-electron chi connectivity index (χ1n) is 6.42. The molecule has 5 heteroatoms. The van der Waals surface area contributed by atoms with E-state index in [4.69, 9.17) is 5.73 Å². The summed E-state index contributed by atoms with van der Waals surface area (Å²) >= 11 is 3.40. The van der Waals surface area contributed by atoms with Gasteiger partial charge >= 0.3 is 0 Å². The highest BCUT2D eigenvalue weighted by Crippen LogP contribution is 2.27. The highest BCUT2D eigenvalue weighted by atomic mass is 79.9. The van der Waals surface area contributed by atoms with Crippen molar-refractivity contribution in [3.05, 3.63) is 52.1 Å². The van der Waals surface area contributed by atoms with E-state index in [1.807, 2.05) is 10.6 Å². The molecule has 3 rings (SSSR count). The standard InChI is InChI=1S/C15H15BrN4/c1-9-3-5-11(6-4-9)10(2)20-14-13(19-15(20)17)7-12(16)8-18-14/h3-8,10H,1-2H3,(H2,17,19). The summed E-state index contributed by atoms with van der Waals surface area (Å²) in [4.78, 5) is 8.83. The number of rotatable bonds is 2. The van der Waals surface area contributed by atoms with E-state index in [1.165, 1.54) is 11.1 Å². The Labute approximate surface area is 125 Å². The quantitative estimate of drug-likeness (QED) is 0.779. The summed E-state index contributed by atoms with van der Waals surface area (Å²) in [6.45, 7) is 4.18. The van der Waals surface area contributed by atoms with Gasteiger partial charge < -0.3 is 5.73 Å². The van der Waals surface area contributed by atoms with E-state index in [-0.39, 0.29) is 6.04 Å². The zero-order valence-electron chi connectivity index (χ0n) is 11.3. The first-order chi connectivity index (χ1) is 9.56. The topological polar surface area (TPSA) is 56.7 Å². The molecule has 1 unspecified atom stereocenters. The summed E-state index contributed by atoms with van der Waals surface area (Å²) < 4.78 is 2.87. The van der Waals surface area contributed by atoms with E-state index in [9.17, 15) is 0 Å². The lowest BCUT2D eigenvalue weighted by Gasteiger charge is -2.16. The number of nitrogens with two attached hydrogens (primary N) is 1. The number of aryl methyl sites for hydroxylation is 1. The van der Waals surface area contributed by atoms with Crippen molar-refractivity contribution in [2.24, 2.45) is 0 Å². The molecule has 20 heavy (non-hydrogen) atoms. The predicted octanol–water partition coefficient (Wildman–Crippen LogP) is 3.69. The zero-order chi connectivity index (χ0) is 14.3. The minimum absolute atomic E-state index is 0.0919. The van der Waals surface area contributed by atoms with Crippen LogP contribution in [0.25, 0.3) is 11.2 Å². The summed E-state index contributed by atoms with van der Waals surface area (Å²) in [6, 6.07) is 10.5. The number of pyridine rings is 1. The van der Waals surface area contributed by atoms with E-state index in [1.54, 1.807) is 6.20 Å². The van der Waals surface area contributed by atoms with Crippen LogP contribution in [0.4, 0.5) is 5.95 Å². The summed E-state index contributed by atoms with van der Waals surface area (Å²) in [5, 5.41) is 0. The van der Waals surface area contributed by atoms with Crippen LogP contribution in [0.3, 0.4) is 0 Å². The Hall–Kier alpha value is -1.88. The monoisotopic (exact) mass is 330 g/mol. The average Bonchev–Trinajstić information content (AvgIpc) is 2.73. The van der Waals surface area contributed by atoms with E-state index in [0.29, 0.717) is 5.95 Å². The lowest BCUT2D eigenvalue weighted by atomic mass is 10.1. The van der Waals surface area contributed by atoms with Gasteiger partial charge in [-0.3, -0.25) is 4.57 Å². The van der Waals surface area contributed by atoms with Crippen LogP contribution in [0, 0.1) is 6.92 Å². The van der Waals surface area contributed by atoms with Gasteiger partial charge in [0.15, 0.2) is 5.65 Å². The van der Waals surface area contributed by atoms with E-state index < -0.39 is 0 Å². The maximum absolute atomic E-state index is 6.07. The molecule has 0 amide bonds. The fraction of sp³-hybridized carbons (Fsp3) is 0.200. The van der Waals surface area contributed by atoms with Crippen LogP contribution in [-0.2, 0) is 0 Å². The third-order valence-corrected chi connectivity index (χ3v) is 3.90. The van der Waals surface area contributed by atoms with Gasteiger partial charge in [0.25, 0.3) is 0 Å². The van der Waals surface area contributed by atoms with Gasteiger partial charge in [-0.2, -0.15) is 0 Å². The van der Waals surface area contributed by atoms with Crippen LogP contribution in [0.1, 0.15) is 24.1 Å². The second-order valence-electron chi connectivity index (χ2n) is 4.92. The van der Waals surface area contributed by atoms with Gasteiger partial charge in [-0.1, -0.05) is 29.8 Å². The van der Waals surface area contributed by atoms with Crippen molar-refractivity contribution in [3.8, 4) is 0 Å². The second kappa shape index (κ2) is 4.90. The molecule has 1 atom stereocenters. The summed E-state index contributed by atoms with van der Waals surface area (Å²) in [5.41, 5.74) is 10.1. The molecule has 0 aliphatic carbocycles. The Kier molecular flexibility index (Phi) is 3.22. The van der Waals surface area contributed by atoms with Gasteiger partial charge in [0.05, 0.1) is 6.04 Å². The van der Waals surface area contributed by atoms with Crippen LogP contribution >= 0.6 is 15.9 Å². The molecule has 0 saturated carbocycles. The van der Waals surface area contributed by atoms with Crippen LogP contribution in [0.2, 0.25) is 0 Å². The number of halogens is 1. The summed E-state index contributed by atoms with van der Waals surface area (Å²) in [6.07, 6.45) is 1.77. The highest BCUT2D eigenvalue weighted by Gasteiger charge is 2.16. The summed E-state index contributed by atoms with van der Waals surface area (Å²) in [7, 11) is 0. The number of nitrogen functional groups attached to an aromatic ring is 1. The van der Waals surface area contributed by atoms with Crippen molar-refractivity contribution in [1.82, 2.24) is 14.5 Å². The van der Waals surface area contributed by atoms with Crippen LogP contribution < -0.4 is 5.73 Å². The molecule has 2 N–H and O–H groups in total. The Bertz CT molecular complexity index is 761. The predicted molar refractivity (Wildman–Crippen MR) is 84.6 cm³/mol. The molecule has 1 aromatic carbocycles. The van der Waals surface area contributed by atoms with Crippen LogP contribution in [0.5, 0.6) is 0 Å². The van der Waals surface area contributed by atoms with E-state index >= 15 is 0 Å². The molecule has 0 saturated heterocycles. The lowest BCUT2D eigenvalue weighted by Crippen LogP contribution is -2.10. The Morgan fingerprint density at radius 2 is 1.95 bits per heavy atom. The molecule has 0 radical (unpaired) electrons. The van der Waals surface area contributed by atoms with Gasteiger partial charge in [-0.25, -0.2) is 9.97 Å². The average molecular weight is 331 g/mol. The molecular weight excluding hydrogens is 316 g/mol. The van der Waals surface area contributed by atoms with Crippen molar-refractivity contribution < 1.29 is 0 Å². The van der Waals surface area contributed by atoms with Gasteiger partial charge in [0.1, 0.15) is 5.52 Å². The third-order valence-electron chi connectivity index (χ3n) is 3.47. The number of fused-ring (bicyclic) bond motifs is 1. The number of imidazole rings is 1. The third kappa shape index (κ3) is 2.18. The normalized spacial score (nSPS) is 12.8. The minimum atomic E-state index is 0.0919. The fourth-order valence-electron chi connectivity index (χ4n) is 2.35. The van der Waals surface area contributed by atoms with Crippen molar-refractivity contribution >= 4 is 33.0 Å². The molecule has 0 bridgehead atoms. The Morgan fingerprint density at radius 3 is 2.65 bits per heavy atom. The number of nitrogens with zero attached hydrogens (tertiary/aromatic N) is 3. The van der Waals surface area contributed by atoms with Gasteiger partial charge in [-0.05, 0) is 41.4 Å². The first kappa shape index (κ1) is 13.1. The van der Waals surface area contributed by atoms with Crippen LogP contribution in [0.15, 0.2) is 41.0 Å². The molecule has 0 aliphatic rings. The molecule has 2 aromatic heterocycles. The maximum atomic E-state index is 6.07. The molecule has 0 aliphatic heterocycles. The van der Waals surface area contributed by atoms with Gasteiger partial charge in [0, 0.05) is 10.7 Å². The first-order valence-corrected chi connectivity index (χ1v) is 7.21. The van der Waals surface area contributed by atoms with Crippen LogP contribution in [-0.4, -0.2) is 14.5 Å². The van der Waals surface area contributed by atoms with E-state index in [2.05, 4.69) is 64.0 Å². The minimum Gasteiger partial charge on any atom is -0.369 e. The molecule has 3 aromatic rings. The van der Waals surface area contributed by atoms with Crippen molar-refractivity contribution in [2.45, 2.75) is 19.9 Å². The molecular formula is C15H15BrN4. The number of hydrogen-bond donors (Lipinski definition) is 1. The molecule has 4 nitrogen and oxygen atoms in total. The van der Waals surface area contributed by atoms with Crippen molar-refractivity contribution in [1.29, 1.82) is 0 Å². The van der Waals surface area contributed by atoms with Gasteiger partial charge in [-0.15, -0.1) is 0 Å². The second-order valence-corrected chi connectivity index (χ2v) is 5.84. The zero-order valence-corrected chi connectivity index (χ0v) is 12.9. The van der Waals surface area contributed by atoms with E-state index in [0.717, 1.165) is 15.6 Å². The molecule has 2 heterocycles. The molecule has 0 fully saturated rings. The van der Waals surface area contributed by atoms with Crippen molar-refractivity contribution in [3.63, 3.8) is 0 Å². The number of benzene rings is 1. The molecule has 0 spiro atoms. The number of hydrogen-bond acceptors (Lipinski definition) is 3. The maximum Gasteiger partial charge on any atom is 0.203 e. The smallest absolute Gasteiger partial charge is 0.203 e.